The van der Waals surface area contributed by atoms with Crippen LogP contribution in [0.2, 0.25) is 0 Å². The molecule has 0 saturated heterocycles. The number of hydrogen-bond acceptors (Lipinski definition) is 7. The monoisotopic (exact) mass is 434 g/mol. The van der Waals surface area contributed by atoms with Crippen LogP contribution in [0.25, 0.3) is 17.5 Å². The predicted octanol–water partition coefficient (Wildman–Crippen LogP) is 4.22. The van der Waals surface area contributed by atoms with Crippen molar-refractivity contribution in [2.45, 2.75) is 19.0 Å². The third kappa shape index (κ3) is 4.54. The van der Waals surface area contributed by atoms with Crippen LogP contribution in [0.4, 0.5) is 0 Å². The van der Waals surface area contributed by atoms with E-state index in [4.69, 9.17) is 14.6 Å². The summed E-state index contributed by atoms with van der Waals surface area (Å²) in [4.78, 5) is 12.8. The molecule has 2 heterocycles. The second kappa shape index (κ2) is 9.18. The van der Waals surface area contributed by atoms with E-state index in [2.05, 4.69) is 10.2 Å². The number of aromatic nitrogens is 3. The topological polar surface area (TPSA) is 78.6 Å². The Kier molecular flexibility index (Phi) is 6.18. The van der Waals surface area contributed by atoms with Crippen LogP contribution in [-0.2, 0) is 9.53 Å². The van der Waals surface area contributed by atoms with Crippen molar-refractivity contribution < 1.29 is 14.3 Å². The standard InChI is InChI=1S/C23H22N4O3S/c1-4-30-22(28)19(13-16-7-5-15(2)6-8-16)20-14-31-23-25-24-21(27(23)26-20)17-9-11-18(29-3)12-10-17/h5-13H,4,14H2,1-3H3/b19-13+. The Bertz CT molecular complexity index is 1150. The van der Waals surface area contributed by atoms with E-state index in [1.165, 1.54) is 11.8 Å². The first-order valence-electron chi connectivity index (χ1n) is 9.85. The molecule has 7 nitrogen and oxygen atoms in total. The summed E-state index contributed by atoms with van der Waals surface area (Å²) < 4.78 is 12.2. The number of thioether (sulfide) groups is 1. The number of nitrogens with zero attached hydrogens (tertiary/aromatic N) is 4. The van der Waals surface area contributed by atoms with Crippen molar-refractivity contribution in [3.05, 3.63) is 65.2 Å². The third-order valence-corrected chi connectivity index (χ3v) is 5.64. The average Bonchev–Trinajstić information content (AvgIpc) is 3.22. The summed E-state index contributed by atoms with van der Waals surface area (Å²) >= 11 is 1.48. The molecule has 4 rings (SSSR count). The zero-order valence-electron chi connectivity index (χ0n) is 17.5. The van der Waals surface area contributed by atoms with Crippen LogP contribution in [0.15, 0.2) is 64.4 Å². The van der Waals surface area contributed by atoms with Gasteiger partial charge in [-0.1, -0.05) is 41.6 Å². The van der Waals surface area contributed by atoms with E-state index in [1.54, 1.807) is 18.7 Å². The molecule has 0 atom stereocenters. The SMILES string of the molecule is CCOC(=O)/C(=C/c1ccc(C)cc1)C1=Nn2c(nnc2-c2ccc(OC)cc2)SC1. The first-order valence-corrected chi connectivity index (χ1v) is 10.8. The zero-order chi connectivity index (χ0) is 21.8. The van der Waals surface area contributed by atoms with Crippen molar-refractivity contribution in [2.24, 2.45) is 5.10 Å². The molecule has 1 aliphatic rings. The molecular weight excluding hydrogens is 412 g/mol. The van der Waals surface area contributed by atoms with Crippen molar-refractivity contribution in [1.29, 1.82) is 0 Å². The molecule has 0 N–H and O–H groups in total. The Labute approximate surface area is 184 Å². The second-order valence-electron chi connectivity index (χ2n) is 6.87. The first-order chi connectivity index (χ1) is 15.1. The van der Waals surface area contributed by atoms with Gasteiger partial charge in [-0.25, -0.2) is 4.79 Å². The summed E-state index contributed by atoms with van der Waals surface area (Å²) in [5, 5.41) is 14.0. The fourth-order valence-electron chi connectivity index (χ4n) is 3.08. The summed E-state index contributed by atoms with van der Waals surface area (Å²) in [5.41, 5.74) is 3.96. The number of hydrogen-bond donors (Lipinski definition) is 0. The number of rotatable bonds is 6. The number of fused-ring (bicyclic) bond motifs is 1. The number of carbonyl (C=O) groups excluding carboxylic acids is 1. The molecule has 158 valence electrons. The number of carbonyl (C=O) groups is 1. The van der Waals surface area contributed by atoms with Crippen molar-refractivity contribution in [3.63, 3.8) is 0 Å². The van der Waals surface area contributed by atoms with Gasteiger partial charge in [0, 0.05) is 11.3 Å². The minimum Gasteiger partial charge on any atom is -0.497 e. The molecule has 0 spiro atoms. The Morgan fingerprint density at radius 1 is 1.13 bits per heavy atom. The molecule has 31 heavy (non-hydrogen) atoms. The molecule has 0 amide bonds. The maximum absolute atomic E-state index is 12.8. The van der Waals surface area contributed by atoms with Crippen molar-refractivity contribution in [3.8, 4) is 17.1 Å². The minimum atomic E-state index is -0.398. The molecule has 0 saturated carbocycles. The smallest absolute Gasteiger partial charge is 0.340 e. The maximum Gasteiger partial charge on any atom is 0.340 e. The predicted molar refractivity (Wildman–Crippen MR) is 121 cm³/mol. The molecule has 0 bridgehead atoms. The molecule has 2 aromatic carbocycles. The number of methoxy groups -OCH3 is 1. The third-order valence-electron chi connectivity index (χ3n) is 4.71. The summed E-state index contributed by atoms with van der Waals surface area (Å²) in [6.45, 7) is 4.11. The second-order valence-corrected chi connectivity index (χ2v) is 7.81. The van der Waals surface area contributed by atoms with Crippen LogP contribution in [0.3, 0.4) is 0 Å². The summed E-state index contributed by atoms with van der Waals surface area (Å²) in [6, 6.07) is 15.5. The van der Waals surface area contributed by atoms with Gasteiger partial charge in [0.15, 0.2) is 5.82 Å². The Morgan fingerprint density at radius 2 is 1.87 bits per heavy atom. The van der Waals surface area contributed by atoms with Gasteiger partial charge >= 0.3 is 5.97 Å². The molecule has 1 aromatic heterocycles. The van der Waals surface area contributed by atoms with Gasteiger partial charge in [0.25, 0.3) is 0 Å². The van der Waals surface area contributed by atoms with Crippen LogP contribution in [0.5, 0.6) is 5.75 Å². The molecule has 0 radical (unpaired) electrons. The van der Waals surface area contributed by atoms with Gasteiger partial charge in [-0.3, -0.25) is 0 Å². The molecule has 3 aromatic rings. The molecule has 1 aliphatic heterocycles. The van der Waals surface area contributed by atoms with Gasteiger partial charge in [0.1, 0.15) is 5.75 Å². The Balaban J connectivity index is 1.75. The van der Waals surface area contributed by atoms with E-state index in [0.29, 0.717) is 34.6 Å². The van der Waals surface area contributed by atoms with Gasteiger partial charge < -0.3 is 9.47 Å². The van der Waals surface area contributed by atoms with Crippen LogP contribution < -0.4 is 4.74 Å². The maximum atomic E-state index is 12.8. The lowest BCUT2D eigenvalue weighted by Crippen LogP contribution is -2.21. The molecule has 8 heteroatoms. The fraction of sp³-hybridized carbons (Fsp3) is 0.217. The van der Waals surface area contributed by atoms with E-state index in [9.17, 15) is 4.79 Å². The quantitative estimate of drug-likeness (QED) is 0.427. The van der Waals surface area contributed by atoms with Crippen LogP contribution in [0.1, 0.15) is 18.1 Å². The van der Waals surface area contributed by atoms with E-state index < -0.39 is 5.97 Å². The van der Waals surface area contributed by atoms with Gasteiger partial charge in [0.05, 0.1) is 25.0 Å². The van der Waals surface area contributed by atoms with Gasteiger partial charge in [-0.05, 0) is 49.8 Å². The number of esters is 1. The van der Waals surface area contributed by atoms with Gasteiger partial charge in [0.2, 0.25) is 5.16 Å². The molecule has 0 aliphatic carbocycles. The summed E-state index contributed by atoms with van der Waals surface area (Å²) in [5.74, 6) is 1.45. The minimum absolute atomic E-state index is 0.291. The molecule has 0 fully saturated rings. The average molecular weight is 435 g/mol. The normalized spacial score (nSPS) is 13.4. The number of benzene rings is 2. The summed E-state index contributed by atoms with van der Waals surface area (Å²) in [7, 11) is 1.62. The fourth-order valence-corrected chi connectivity index (χ4v) is 3.91. The van der Waals surface area contributed by atoms with E-state index >= 15 is 0 Å². The van der Waals surface area contributed by atoms with Crippen LogP contribution in [-0.4, -0.2) is 46.0 Å². The van der Waals surface area contributed by atoms with Crippen molar-refractivity contribution in [2.75, 3.05) is 19.5 Å². The lowest BCUT2D eigenvalue weighted by molar-refractivity contribution is -0.137. The largest absolute Gasteiger partial charge is 0.497 e. The highest BCUT2D eigenvalue weighted by molar-refractivity contribution is 7.99. The lowest BCUT2D eigenvalue weighted by atomic mass is 10.1. The highest BCUT2D eigenvalue weighted by Gasteiger charge is 2.25. The molecular formula is C23H22N4O3S. The lowest BCUT2D eigenvalue weighted by Gasteiger charge is -2.16. The molecule has 0 unspecified atom stereocenters. The Hall–Kier alpha value is -3.39. The summed E-state index contributed by atoms with van der Waals surface area (Å²) in [6.07, 6.45) is 1.82. The van der Waals surface area contributed by atoms with Crippen LogP contribution >= 0.6 is 11.8 Å². The highest BCUT2D eigenvalue weighted by atomic mass is 32.2. The van der Waals surface area contributed by atoms with Gasteiger partial charge in [-0.15, -0.1) is 10.2 Å². The van der Waals surface area contributed by atoms with Crippen LogP contribution in [0, 0.1) is 6.92 Å². The highest BCUT2D eigenvalue weighted by Crippen LogP contribution is 2.30. The van der Waals surface area contributed by atoms with Gasteiger partial charge in [-0.2, -0.15) is 9.78 Å². The first kappa shape index (κ1) is 20.9. The Morgan fingerprint density at radius 3 is 2.55 bits per heavy atom. The van der Waals surface area contributed by atoms with Crippen molar-refractivity contribution in [1.82, 2.24) is 14.9 Å². The number of aryl methyl sites for hydroxylation is 1. The van der Waals surface area contributed by atoms with E-state index in [-0.39, 0.29) is 0 Å². The van der Waals surface area contributed by atoms with E-state index in [0.717, 1.165) is 22.4 Å². The van der Waals surface area contributed by atoms with Crippen molar-refractivity contribution >= 4 is 29.5 Å². The number of ether oxygens (including phenoxy) is 2. The zero-order valence-corrected chi connectivity index (χ0v) is 18.3. The van der Waals surface area contributed by atoms with E-state index in [1.807, 2.05) is 61.5 Å².